The lowest BCUT2D eigenvalue weighted by molar-refractivity contribution is -0.135. The van der Waals surface area contributed by atoms with Gasteiger partial charge in [0.25, 0.3) is 6.47 Å². The van der Waals surface area contributed by atoms with Crippen LogP contribution in [0.4, 0.5) is 0 Å². The Balaban J connectivity index is 0.000000941. The third kappa shape index (κ3) is 5.42. The van der Waals surface area contributed by atoms with Gasteiger partial charge in [-0.25, -0.2) is 4.79 Å². The number of aromatic amines is 1. The van der Waals surface area contributed by atoms with E-state index in [-0.39, 0.29) is 30.0 Å². The first-order valence-corrected chi connectivity index (χ1v) is 9.81. The summed E-state index contributed by atoms with van der Waals surface area (Å²) < 4.78 is 0. The highest BCUT2D eigenvalue weighted by Crippen LogP contribution is 2.40. The van der Waals surface area contributed by atoms with Gasteiger partial charge in [0.1, 0.15) is 0 Å². The van der Waals surface area contributed by atoms with Crippen LogP contribution in [0.2, 0.25) is 0 Å². The molecule has 2 amide bonds. The summed E-state index contributed by atoms with van der Waals surface area (Å²) in [4.78, 5) is 54.7. The Morgan fingerprint density at radius 3 is 2.55 bits per heavy atom. The summed E-state index contributed by atoms with van der Waals surface area (Å²) in [5.74, 6) is 1.24. The summed E-state index contributed by atoms with van der Waals surface area (Å²) in [6, 6.07) is 0.215. The number of fused-ring (bicyclic) bond motifs is 1. The molecule has 0 spiro atoms. The van der Waals surface area contributed by atoms with Gasteiger partial charge in [0.05, 0.1) is 0 Å². The normalized spacial score (nSPS) is 23.1. The number of hydrogen-bond acceptors (Lipinski definition) is 5. The zero-order chi connectivity index (χ0) is 21.7. The summed E-state index contributed by atoms with van der Waals surface area (Å²) in [5, 5.41) is 6.89. The molecule has 9 heteroatoms. The molecule has 2 heterocycles. The molecular formula is C20H30N4O5. The van der Waals surface area contributed by atoms with Crippen molar-refractivity contribution in [2.45, 2.75) is 52.0 Å². The molecule has 0 aromatic carbocycles. The summed E-state index contributed by atoms with van der Waals surface area (Å²) in [5.41, 5.74) is 2.07. The standard InChI is InChI=1S/C19H28N4O3.CH2O2/c1-11-16(12(2)21-19(26)20-11)5-6-17(24)23(4)15-7-13-9-18(25)22(3)10-14(13)8-15;2-1-3/h13-15H,5-10H2,1-4H3,(H,20,21,26);1H,(H,2,3)/t13-,14+,15-;/m0./s1. The van der Waals surface area contributed by atoms with Crippen molar-refractivity contribution in [3.63, 3.8) is 0 Å². The van der Waals surface area contributed by atoms with Crippen molar-refractivity contribution in [3.8, 4) is 0 Å². The molecule has 3 atom stereocenters. The molecule has 160 valence electrons. The first-order chi connectivity index (χ1) is 13.7. The highest BCUT2D eigenvalue weighted by Gasteiger charge is 2.42. The number of nitrogens with zero attached hydrogens (tertiary/aromatic N) is 3. The third-order valence-corrected chi connectivity index (χ3v) is 6.17. The van der Waals surface area contributed by atoms with Crippen molar-refractivity contribution < 1.29 is 19.5 Å². The van der Waals surface area contributed by atoms with E-state index in [2.05, 4.69) is 9.97 Å². The zero-order valence-corrected chi connectivity index (χ0v) is 17.5. The number of amides is 2. The van der Waals surface area contributed by atoms with Crippen molar-refractivity contribution in [1.29, 1.82) is 0 Å². The largest absolute Gasteiger partial charge is 0.483 e. The molecule has 0 radical (unpaired) electrons. The SMILES string of the molecule is Cc1nc(=O)[nH]c(C)c1CCC(=O)N(C)[C@H]1C[C@H]2CC(=O)N(C)C[C@H]2C1.O=CO. The van der Waals surface area contributed by atoms with Gasteiger partial charge >= 0.3 is 5.69 Å². The van der Waals surface area contributed by atoms with Crippen LogP contribution in [0.15, 0.2) is 4.79 Å². The highest BCUT2D eigenvalue weighted by molar-refractivity contribution is 5.78. The lowest BCUT2D eigenvalue weighted by Crippen LogP contribution is -2.40. The lowest BCUT2D eigenvalue weighted by atomic mass is 9.88. The molecule has 1 aliphatic carbocycles. The molecule has 3 rings (SSSR count). The van der Waals surface area contributed by atoms with Gasteiger partial charge in [0.15, 0.2) is 0 Å². The molecule has 1 aromatic rings. The number of rotatable bonds is 4. The lowest BCUT2D eigenvalue weighted by Gasteiger charge is -2.31. The van der Waals surface area contributed by atoms with Crippen molar-refractivity contribution in [2.24, 2.45) is 11.8 Å². The molecule has 1 aliphatic heterocycles. The van der Waals surface area contributed by atoms with E-state index in [1.54, 1.807) is 6.92 Å². The molecule has 0 unspecified atom stereocenters. The molecule has 2 aliphatic rings. The number of aromatic nitrogens is 2. The predicted molar refractivity (Wildman–Crippen MR) is 106 cm³/mol. The fraction of sp³-hybridized carbons (Fsp3) is 0.650. The number of carbonyl (C=O) groups is 3. The second-order valence-corrected chi connectivity index (χ2v) is 7.96. The summed E-state index contributed by atoms with van der Waals surface area (Å²) in [6.45, 7) is 4.21. The first kappa shape index (κ1) is 22.6. The van der Waals surface area contributed by atoms with Gasteiger partial charge in [-0.2, -0.15) is 4.98 Å². The number of carboxylic acid groups (broad SMARTS) is 1. The van der Waals surface area contributed by atoms with Crippen LogP contribution in [0, 0.1) is 25.7 Å². The van der Waals surface area contributed by atoms with Crippen LogP contribution in [-0.2, 0) is 20.8 Å². The summed E-state index contributed by atoms with van der Waals surface area (Å²) in [6.07, 6.45) is 3.48. The third-order valence-electron chi connectivity index (χ3n) is 6.17. The van der Waals surface area contributed by atoms with Gasteiger partial charge in [-0.1, -0.05) is 0 Å². The number of hydrogen-bond donors (Lipinski definition) is 2. The molecule has 1 saturated heterocycles. The molecule has 2 fully saturated rings. The summed E-state index contributed by atoms with van der Waals surface area (Å²) >= 11 is 0. The predicted octanol–water partition coefficient (Wildman–Crippen LogP) is 0.735. The van der Waals surface area contributed by atoms with Crippen LogP contribution in [-0.4, -0.2) is 69.8 Å². The maximum absolute atomic E-state index is 12.7. The fourth-order valence-electron chi connectivity index (χ4n) is 4.54. The zero-order valence-electron chi connectivity index (χ0n) is 17.5. The minimum atomic E-state index is -0.347. The molecule has 1 saturated carbocycles. The quantitative estimate of drug-likeness (QED) is 0.711. The van der Waals surface area contributed by atoms with E-state index in [0.29, 0.717) is 36.8 Å². The van der Waals surface area contributed by atoms with Gasteiger partial charge < -0.3 is 19.9 Å². The molecule has 1 aromatic heterocycles. The second-order valence-electron chi connectivity index (χ2n) is 7.96. The minimum Gasteiger partial charge on any atom is -0.483 e. The maximum atomic E-state index is 12.7. The highest BCUT2D eigenvalue weighted by atomic mass is 16.3. The molecular weight excluding hydrogens is 376 g/mol. The van der Waals surface area contributed by atoms with E-state index in [1.807, 2.05) is 30.8 Å². The maximum Gasteiger partial charge on any atom is 0.345 e. The van der Waals surface area contributed by atoms with Crippen LogP contribution in [0.5, 0.6) is 0 Å². The van der Waals surface area contributed by atoms with Crippen molar-refractivity contribution in [1.82, 2.24) is 19.8 Å². The summed E-state index contributed by atoms with van der Waals surface area (Å²) in [7, 11) is 3.74. The van der Waals surface area contributed by atoms with E-state index in [1.165, 1.54) is 0 Å². The van der Waals surface area contributed by atoms with Crippen LogP contribution >= 0.6 is 0 Å². The van der Waals surface area contributed by atoms with Crippen molar-refractivity contribution in [3.05, 3.63) is 27.4 Å². The van der Waals surface area contributed by atoms with Gasteiger partial charge in [-0.15, -0.1) is 0 Å². The molecule has 2 N–H and O–H groups in total. The molecule has 9 nitrogen and oxygen atoms in total. The van der Waals surface area contributed by atoms with E-state index < -0.39 is 0 Å². The smallest absolute Gasteiger partial charge is 0.345 e. The van der Waals surface area contributed by atoms with Crippen molar-refractivity contribution >= 4 is 18.3 Å². The van der Waals surface area contributed by atoms with Crippen molar-refractivity contribution in [2.75, 3.05) is 20.6 Å². The van der Waals surface area contributed by atoms with Gasteiger partial charge in [-0.05, 0) is 50.5 Å². The number of piperidine rings is 1. The average Bonchev–Trinajstić information content (AvgIpc) is 3.03. The topological polar surface area (TPSA) is 124 Å². The van der Waals surface area contributed by atoms with Crippen LogP contribution in [0.3, 0.4) is 0 Å². The average molecular weight is 406 g/mol. The number of likely N-dealkylation sites (tertiary alicyclic amines) is 1. The van der Waals surface area contributed by atoms with Crippen LogP contribution in [0.1, 0.15) is 42.6 Å². The monoisotopic (exact) mass is 406 g/mol. The Morgan fingerprint density at radius 2 is 1.93 bits per heavy atom. The fourth-order valence-corrected chi connectivity index (χ4v) is 4.54. The van der Waals surface area contributed by atoms with Gasteiger partial charge in [0.2, 0.25) is 11.8 Å². The van der Waals surface area contributed by atoms with Crippen LogP contribution in [0.25, 0.3) is 0 Å². The number of nitrogens with one attached hydrogen (secondary N) is 1. The first-order valence-electron chi connectivity index (χ1n) is 9.81. The van der Waals surface area contributed by atoms with E-state index in [9.17, 15) is 14.4 Å². The van der Waals surface area contributed by atoms with E-state index >= 15 is 0 Å². The Bertz CT molecular complexity index is 795. The number of aryl methyl sites for hydroxylation is 2. The molecule has 29 heavy (non-hydrogen) atoms. The minimum absolute atomic E-state index is 0.110. The van der Waals surface area contributed by atoms with Gasteiger partial charge in [-0.3, -0.25) is 14.4 Å². The molecule has 0 bridgehead atoms. The second kappa shape index (κ2) is 9.67. The van der Waals surface area contributed by atoms with E-state index in [4.69, 9.17) is 9.90 Å². The number of H-pyrrole nitrogens is 1. The number of carbonyl (C=O) groups excluding carboxylic acids is 2. The Morgan fingerprint density at radius 1 is 1.31 bits per heavy atom. The van der Waals surface area contributed by atoms with E-state index in [0.717, 1.165) is 30.6 Å². The van der Waals surface area contributed by atoms with Crippen LogP contribution < -0.4 is 5.69 Å². The Kier molecular flexibility index (Phi) is 7.53. The van der Waals surface area contributed by atoms with Gasteiger partial charge in [0, 0.05) is 50.9 Å². The Labute approximate surface area is 170 Å². The Hall–Kier alpha value is -2.71.